The molecule has 0 bridgehead atoms. The van der Waals surface area contributed by atoms with Gasteiger partial charge in [-0.3, -0.25) is 0 Å². The molecule has 3 heterocycles. The number of nitrogens with one attached hydrogen (secondary N) is 1. The maximum absolute atomic E-state index is 5.71. The Hall–Kier alpha value is -1.73. The first-order valence-electron chi connectivity index (χ1n) is 7.82. The second-order valence-corrected chi connectivity index (χ2v) is 5.73. The molecule has 2 aromatic rings. The highest BCUT2D eigenvalue weighted by Gasteiger charge is 2.15. The van der Waals surface area contributed by atoms with Gasteiger partial charge in [-0.05, 0) is 26.7 Å². The summed E-state index contributed by atoms with van der Waals surface area (Å²) >= 11 is 0. The average molecular weight is 305 g/mol. The van der Waals surface area contributed by atoms with E-state index < -0.39 is 0 Å². The normalized spacial score (nSPS) is 18.2. The lowest BCUT2D eigenvalue weighted by atomic mass is 10.1. The molecule has 0 aliphatic carbocycles. The van der Waals surface area contributed by atoms with Crippen LogP contribution in [0.2, 0.25) is 0 Å². The second kappa shape index (κ2) is 7.02. The van der Waals surface area contributed by atoms with Gasteiger partial charge in [0.05, 0.1) is 13.2 Å². The summed E-state index contributed by atoms with van der Waals surface area (Å²) in [4.78, 5) is 8.56. The first kappa shape index (κ1) is 15.2. The van der Waals surface area contributed by atoms with E-state index >= 15 is 0 Å². The van der Waals surface area contributed by atoms with E-state index in [4.69, 9.17) is 9.47 Å². The summed E-state index contributed by atoms with van der Waals surface area (Å²) in [5.41, 5.74) is 2.07. The van der Waals surface area contributed by atoms with Crippen molar-refractivity contribution in [2.45, 2.75) is 26.7 Å². The number of fused-ring (bicyclic) bond motifs is 1. The van der Waals surface area contributed by atoms with Crippen LogP contribution >= 0.6 is 0 Å². The zero-order chi connectivity index (χ0) is 15.4. The van der Waals surface area contributed by atoms with Crippen molar-refractivity contribution in [1.29, 1.82) is 0 Å². The maximum Gasteiger partial charge on any atom is 0.254 e. The van der Waals surface area contributed by atoms with E-state index in [1.165, 1.54) is 6.33 Å². The van der Waals surface area contributed by atoms with Crippen molar-refractivity contribution in [3.8, 4) is 0 Å². The van der Waals surface area contributed by atoms with Crippen molar-refractivity contribution in [1.82, 2.24) is 19.6 Å². The fourth-order valence-corrected chi connectivity index (χ4v) is 2.59. The lowest BCUT2D eigenvalue weighted by Crippen LogP contribution is -2.14. The zero-order valence-electron chi connectivity index (χ0n) is 13.2. The Morgan fingerprint density at radius 2 is 2.36 bits per heavy atom. The molecule has 1 atom stereocenters. The topological polar surface area (TPSA) is 73.6 Å². The Morgan fingerprint density at radius 1 is 1.45 bits per heavy atom. The molecule has 0 radical (unpaired) electrons. The van der Waals surface area contributed by atoms with Crippen LogP contribution in [-0.2, 0) is 9.47 Å². The molecule has 1 unspecified atom stereocenters. The van der Waals surface area contributed by atoms with Crippen LogP contribution in [0.5, 0.6) is 0 Å². The monoisotopic (exact) mass is 305 g/mol. The molecule has 7 nitrogen and oxygen atoms in total. The molecule has 1 saturated heterocycles. The molecule has 0 spiro atoms. The molecule has 1 aliphatic rings. The average Bonchev–Trinajstić information content (AvgIpc) is 3.17. The number of anilines is 1. The molecule has 0 amide bonds. The summed E-state index contributed by atoms with van der Waals surface area (Å²) in [6.07, 6.45) is 3.60. The summed E-state index contributed by atoms with van der Waals surface area (Å²) in [6, 6.07) is 0. The first-order valence-corrected chi connectivity index (χ1v) is 7.82. The third kappa shape index (κ3) is 3.36. The van der Waals surface area contributed by atoms with Crippen molar-refractivity contribution in [2.24, 2.45) is 5.92 Å². The number of hydrogen-bond donors (Lipinski definition) is 1. The van der Waals surface area contributed by atoms with Crippen molar-refractivity contribution in [3.05, 3.63) is 17.6 Å². The largest absolute Gasteiger partial charge is 0.381 e. The lowest BCUT2D eigenvalue weighted by Gasteiger charge is -2.13. The predicted molar refractivity (Wildman–Crippen MR) is 83.1 cm³/mol. The molecule has 7 heteroatoms. The van der Waals surface area contributed by atoms with Gasteiger partial charge in [0.25, 0.3) is 5.78 Å². The van der Waals surface area contributed by atoms with Gasteiger partial charge in [-0.15, -0.1) is 0 Å². The summed E-state index contributed by atoms with van der Waals surface area (Å²) in [7, 11) is 0. The smallest absolute Gasteiger partial charge is 0.254 e. The fraction of sp³-hybridized carbons (Fsp3) is 0.667. The van der Waals surface area contributed by atoms with E-state index in [0.29, 0.717) is 11.7 Å². The minimum Gasteiger partial charge on any atom is -0.381 e. The Labute approximate surface area is 130 Å². The number of aryl methyl sites for hydroxylation is 1. The Kier molecular flexibility index (Phi) is 4.84. The fourth-order valence-electron chi connectivity index (χ4n) is 2.59. The van der Waals surface area contributed by atoms with Gasteiger partial charge in [0.2, 0.25) is 0 Å². The summed E-state index contributed by atoms with van der Waals surface area (Å²) in [5, 5.41) is 7.65. The Balaban J connectivity index is 1.47. The van der Waals surface area contributed by atoms with Gasteiger partial charge in [-0.2, -0.15) is 14.6 Å². The van der Waals surface area contributed by atoms with Crippen LogP contribution in [0, 0.1) is 19.8 Å². The second-order valence-electron chi connectivity index (χ2n) is 5.73. The number of hydrogen-bond acceptors (Lipinski definition) is 6. The van der Waals surface area contributed by atoms with E-state index in [1.54, 1.807) is 4.52 Å². The highest BCUT2D eigenvalue weighted by atomic mass is 16.5. The number of rotatable bonds is 7. The van der Waals surface area contributed by atoms with Gasteiger partial charge in [0, 0.05) is 36.9 Å². The predicted octanol–water partition coefficient (Wildman–Crippen LogP) is 1.60. The van der Waals surface area contributed by atoms with Crippen molar-refractivity contribution >= 4 is 11.6 Å². The van der Waals surface area contributed by atoms with Crippen molar-refractivity contribution in [2.75, 3.05) is 38.3 Å². The van der Waals surface area contributed by atoms with Gasteiger partial charge in [0.1, 0.15) is 12.1 Å². The molecule has 1 aliphatic heterocycles. The first-order chi connectivity index (χ1) is 10.8. The molecule has 3 rings (SSSR count). The van der Waals surface area contributed by atoms with E-state index in [9.17, 15) is 0 Å². The van der Waals surface area contributed by atoms with Gasteiger partial charge < -0.3 is 14.8 Å². The minimum atomic E-state index is 0.577. The van der Waals surface area contributed by atoms with E-state index in [-0.39, 0.29) is 0 Å². The zero-order valence-corrected chi connectivity index (χ0v) is 13.2. The van der Waals surface area contributed by atoms with Crippen LogP contribution in [0.25, 0.3) is 5.78 Å². The highest BCUT2D eigenvalue weighted by molar-refractivity contribution is 5.51. The molecule has 22 heavy (non-hydrogen) atoms. The van der Waals surface area contributed by atoms with Gasteiger partial charge in [-0.1, -0.05) is 0 Å². The van der Waals surface area contributed by atoms with E-state index in [0.717, 1.165) is 62.9 Å². The number of nitrogens with zero attached hydrogens (tertiary/aromatic N) is 4. The Bertz CT molecular complexity index is 622. The van der Waals surface area contributed by atoms with Crippen LogP contribution in [0.3, 0.4) is 0 Å². The Morgan fingerprint density at radius 3 is 3.18 bits per heavy atom. The molecule has 120 valence electrons. The van der Waals surface area contributed by atoms with Crippen LogP contribution < -0.4 is 5.32 Å². The molecule has 2 aromatic heterocycles. The van der Waals surface area contributed by atoms with Gasteiger partial charge in [-0.25, -0.2) is 4.98 Å². The highest BCUT2D eigenvalue weighted by Crippen LogP contribution is 2.17. The lowest BCUT2D eigenvalue weighted by molar-refractivity contribution is 0.0897. The molecular formula is C15H23N5O2. The van der Waals surface area contributed by atoms with Gasteiger partial charge in [0.15, 0.2) is 0 Å². The van der Waals surface area contributed by atoms with Crippen LogP contribution in [0.4, 0.5) is 5.82 Å². The van der Waals surface area contributed by atoms with Crippen LogP contribution in [0.15, 0.2) is 6.33 Å². The standard InChI is InChI=1S/C15H23N5O2/c1-11-12(2)19-15-17-10-18-20(15)14(11)16-5-3-6-21-8-13-4-7-22-9-13/h10,13,16H,3-9H2,1-2H3. The van der Waals surface area contributed by atoms with Crippen LogP contribution in [0.1, 0.15) is 24.1 Å². The number of aromatic nitrogens is 4. The molecule has 1 N–H and O–H groups in total. The quantitative estimate of drug-likeness (QED) is 0.783. The molecule has 0 aromatic carbocycles. The van der Waals surface area contributed by atoms with E-state index in [1.807, 2.05) is 13.8 Å². The summed E-state index contributed by atoms with van der Waals surface area (Å²) in [6.45, 7) is 8.15. The van der Waals surface area contributed by atoms with Gasteiger partial charge >= 0.3 is 0 Å². The molecular weight excluding hydrogens is 282 g/mol. The summed E-state index contributed by atoms with van der Waals surface area (Å²) < 4.78 is 12.8. The minimum absolute atomic E-state index is 0.577. The third-order valence-electron chi connectivity index (χ3n) is 4.04. The van der Waals surface area contributed by atoms with Crippen LogP contribution in [-0.4, -0.2) is 52.6 Å². The SMILES string of the molecule is Cc1nc2ncnn2c(NCCCOCC2CCOC2)c1C. The van der Waals surface area contributed by atoms with Crippen molar-refractivity contribution < 1.29 is 9.47 Å². The summed E-state index contributed by atoms with van der Waals surface area (Å²) in [5.74, 6) is 2.17. The maximum atomic E-state index is 5.71. The van der Waals surface area contributed by atoms with E-state index in [2.05, 4.69) is 20.4 Å². The van der Waals surface area contributed by atoms with Crippen molar-refractivity contribution in [3.63, 3.8) is 0 Å². The third-order valence-corrected chi connectivity index (χ3v) is 4.04. The molecule has 1 fully saturated rings. The number of ether oxygens (including phenoxy) is 2. The molecule has 0 saturated carbocycles.